The van der Waals surface area contributed by atoms with Gasteiger partial charge in [-0.1, -0.05) is 56.3 Å². The van der Waals surface area contributed by atoms with Crippen LogP contribution in [0, 0.1) is 11.8 Å². The second-order valence-electron chi connectivity index (χ2n) is 12.6. The van der Waals surface area contributed by atoms with Gasteiger partial charge in [-0.25, -0.2) is 4.79 Å². The zero-order valence-electron chi connectivity index (χ0n) is 29.6. The molecule has 2 amide bonds. The van der Waals surface area contributed by atoms with Gasteiger partial charge >= 0.3 is 5.97 Å². The Morgan fingerprint density at radius 1 is 0.941 bits per heavy atom. The highest BCUT2D eigenvalue weighted by Gasteiger charge is 2.61. The van der Waals surface area contributed by atoms with E-state index in [-0.39, 0.29) is 53.7 Å². The van der Waals surface area contributed by atoms with Crippen molar-refractivity contribution < 1.29 is 52.3 Å². The molecule has 0 aliphatic carbocycles. The van der Waals surface area contributed by atoms with Crippen molar-refractivity contribution in [1.29, 1.82) is 0 Å². The van der Waals surface area contributed by atoms with Gasteiger partial charge in [-0.3, -0.25) is 14.4 Å². The first-order valence-electron chi connectivity index (χ1n) is 16.7. The molecule has 5 rings (SSSR count). The van der Waals surface area contributed by atoms with Crippen LogP contribution in [0.5, 0.6) is 28.7 Å². The van der Waals surface area contributed by atoms with E-state index in [9.17, 15) is 14.4 Å². The van der Waals surface area contributed by atoms with Crippen molar-refractivity contribution in [2.75, 3.05) is 41.8 Å². The number of carbonyl (C=O) groups is 4. The third kappa shape index (κ3) is 7.43. The lowest BCUT2D eigenvalue weighted by Crippen LogP contribution is -2.53. The van der Waals surface area contributed by atoms with E-state index < -0.39 is 41.3 Å². The van der Waals surface area contributed by atoms with Crippen molar-refractivity contribution >= 4 is 23.6 Å². The summed E-state index contributed by atoms with van der Waals surface area (Å²) in [5.74, 6) is -4.08. The Morgan fingerprint density at radius 2 is 1.67 bits per heavy atom. The van der Waals surface area contributed by atoms with Crippen LogP contribution in [0.3, 0.4) is 0 Å². The lowest BCUT2D eigenvalue weighted by atomic mass is 9.68. The second-order valence-corrected chi connectivity index (χ2v) is 12.6. The summed E-state index contributed by atoms with van der Waals surface area (Å²) in [6.07, 6.45) is 0.576. The van der Waals surface area contributed by atoms with E-state index in [1.54, 1.807) is 54.6 Å². The van der Waals surface area contributed by atoms with Gasteiger partial charge in [-0.2, -0.15) is 0 Å². The predicted octanol–water partition coefficient (Wildman–Crippen LogP) is 4.51. The van der Waals surface area contributed by atoms with Crippen LogP contribution in [0.2, 0.25) is 0 Å². The van der Waals surface area contributed by atoms with Crippen molar-refractivity contribution in [2.24, 2.45) is 11.8 Å². The lowest BCUT2D eigenvalue weighted by molar-refractivity contribution is -0.164. The largest absolute Gasteiger partial charge is 0.497 e. The highest BCUT2D eigenvalue weighted by molar-refractivity contribution is 6.15. The van der Waals surface area contributed by atoms with Gasteiger partial charge in [0, 0.05) is 31.7 Å². The van der Waals surface area contributed by atoms with Gasteiger partial charge in [0.25, 0.3) is 0 Å². The van der Waals surface area contributed by atoms with Gasteiger partial charge in [0.1, 0.15) is 29.2 Å². The molecule has 2 heterocycles. The Labute approximate surface area is 296 Å². The number of ether oxygens (including phenoxy) is 7. The Bertz CT molecular complexity index is 1730. The van der Waals surface area contributed by atoms with Gasteiger partial charge in [0.05, 0.1) is 27.2 Å². The number of Topliss-reactive ketones (excluding diaryl/α,β-unsaturated/α-hetero) is 1. The zero-order chi connectivity index (χ0) is 36.7. The topological polar surface area (TPSA) is 157 Å². The van der Waals surface area contributed by atoms with Crippen LogP contribution in [0.25, 0.3) is 0 Å². The number of methoxy groups -OCH3 is 4. The molecule has 0 aromatic heterocycles. The first-order valence-corrected chi connectivity index (χ1v) is 16.7. The first kappa shape index (κ1) is 37.0. The number of carbonyl (C=O) groups excluding carboxylic acids is 4. The van der Waals surface area contributed by atoms with Crippen molar-refractivity contribution in [3.05, 3.63) is 77.4 Å². The minimum atomic E-state index is -2.09. The smallest absolute Gasteiger partial charge is 0.355 e. The molecule has 3 aromatic carbocycles. The number of nitrogens with one attached hydrogen (secondary N) is 2. The minimum absolute atomic E-state index is 0.00471. The normalized spacial score (nSPS) is 19.6. The molecule has 0 saturated heterocycles. The highest BCUT2D eigenvalue weighted by atomic mass is 16.7. The maximum Gasteiger partial charge on any atom is 0.355 e. The molecule has 2 aliphatic heterocycles. The van der Waals surface area contributed by atoms with E-state index in [1.165, 1.54) is 34.5 Å². The molecular formula is C38H44N2O11. The molecule has 0 bridgehead atoms. The summed E-state index contributed by atoms with van der Waals surface area (Å²) in [4.78, 5) is 56.4. The molecule has 51 heavy (non-hydrogen) atoms. The van der Waals surface area contributed by atoms with E-state index >= 15 is 4.79 Å². The Kier molecular flexibility index (Phi) is 11.7. The number of hydrogen-bond acceptors (Lipinski definition) is 11. The molecule has 13 heteroatoms. The molecule has 2 aliphatic rings. The summed E-state index contributed by atoms with van der Waals surface area (Å²) < 4.78 is 40.1. The zero-order valence-corrected chi connectivity index (χ0v) is 29.6. The van der Waals surface area contributed by atoms with E-state index in [1.807, 2.05) is 13.8 Å². The van der Waals surface area contributed by atoms with Gasteiger partial charge in [-0.15, -0.1) is 0 Å². The lowest BCUT2D eigenvalue weighted by Gasteiger charge is -2.40. The molecule has 272 valence electrons. The summed E-state index contributed by atoms with van der Waals surface area (Å²) >= 11 is 0. The van der Waals surface area contributed by atoms with Crippen LogP contribution in [0.1, 0.15) is 60.5 Å². The summed E-state index contributed by atoms with van der Waals surface area (Å²) in [6, 6.07) is 16.8. The number of ketones is 1. The molecule has 4 atom stereocenters. The molecule has 3 aromatic rings. The van der Waals surface area contributed by atoms with Crippen LogP contribution in [-0.2, 0) is 29.5 Å². The predicted molar refractivity (Wildman–Crippen MR) is 184 cm³/mol. The van der Waals surface area contributed by atoms with E-state index in [0.717, 1.165) is 0 Å². The number of rotatable bonds is 14. The van der Waals surface area contributed by atoms with Crippen LogP contribution in [0.4, 0.5) is 0 Å². The molecule has 0 spiro atoms. The Hall–Kier alpha value is -5.30. The average Bonchev–Trinajstić information content (AvgIpc) is 3.57. The Morgan fingerprint density at radius 3 is 2.29 bits per heavy atom. The van der Waals surface area contributed by atoms with Crippen LogP contribution >= 0.6 is 0 Å². The molecular weight excluding hydrogens is 660 g/mol. The maximum atomic E-state index is 15.0. The van der Waals surface area contributed by atoms with Crippen LogP contribution < -0.4 is 34.3 Å². The van der Waals surface area contributed by atoms with Crippen molar-refractivity contribution in [3.63, 3.8) is 0 Å². The van der Waals surface area contributed by atoms with Gasteiger partial charge in [0.2, 0.25) is 30.0 Å². The van der Waals surface area contributed by atoms with Gasteiger partial charge < -0.3 is 43.8 Å². The van der Waals surface area contributed by atoms with Crippen LogP contribution in [-0.4, -0.2) is 71.6 Å². The summed E-state index contributed by atoms with van der Waals surface area (Å²) in [5, 5.41) is 5.76. The second kappa shape index (κ2) is 16.2. The number of esters is 1. The minimum Gasteiger partial charge on any atom is -0.497 e. The monoisotopic (exact) mass is 704 g/mol. The highest BCUT2D eigenvalue weighted by Crippen LogP contribution is 2.56. The molecule has 0 fully saturated rings. The number of fused-ring (bicyclic) bond motifs is 2. The van der Waals surface area contributed by atoms with Crippen molar-refractivity contribution in [1.82, 2.24) is 10.6 Å². The molecule has 2 N–H and O–H groups in total. The molecule has 0 unspecified atom stereocenters. The average molecular weight is 705 g/mol. The SMILES string of the molecule is COC(=O)[C@@]1(c2ccc(OC)cc2)Oc2cc3c(c(OC)c2C(=O)[C@@H](C(=O)NCCC[C@@H](NC(=O)CC(C)C)OC)[C@H]1c1ccccc1)OCO3. The summed E-state index contributed by atoms with van der Waals surface area (Å²) in [7, 11) is 5.59. The summed E-state index contributed by atoms with van der Waals surface area (Å²) in [6.45, 7) is 3.89. The fourth-order valence-electron chi connectivity index (χ4n) is 6.62. The third-order valence-electron chi connectivity index (χ3n) is 8.95. The fourth-order valence-corrected chi connectivity index (χ4v) is 6.62. The maximum absolute atomic E-state index is 15.0. The first-order chi connectivity index (χ1) is 24.6. The van der Waals surface area contributed by atoms with Crippen molar-refractivity contribution in [3.8, 4) is 28.7 Å². The standard InChI is InChI=1S/C38H44N2O11/c1-22(2)19-28(41)40-29(46-4)13-10-18-39-36(43)31-32(23-11-8-7-9-12-23)38(37(44)48-6,24-14-16-25(45-3)17-15-24)51-26-20-27-34(50-21-49-27)35(47-5)30(26)33(31)42/h7-9,11-12,14-17,20,22,29,31-32H,10,13,18-19,21H2,1-6H3,(H,39,43)(H,40,41)/t29-,31-,32+,38-/m0/s1. The number of hydrogen-bond donors (Lipinski definition) is 2. The van der Waals surface area contributed by atoms with E-state index in [2.05, 4.69) is 10.6 Å². The Balaban J connectivity index is 1.63. The van der Waals surface area contributed by atoms with Crippen LogP contribution in [0.15, 0.2) is 60.7 Å². The molecule has 13 nitrogen and oxygen atoms in total. The molecule has 0 radical (unpaired) electrons. The molecule has 0 saturated carbocycles. The van der Waals surface area contributed by atoms with E-state index in [0.29, 0.717) is 36.1 Å². The summed E-state index contributed by atoms with van der Waals surface area (Å²) in [5.41, 5.74) is -1.41. The third-order valence-corrected chi connectivity index (χ3v) is 8.95. The van der Waals surface area contributed by atoms with Crippen molar-refractivity contribution in [2.45, 2.75) is 50.9 Å². The van der Waals surface area contributed by atoms with Gasteiger partial charge in [-0.05, 0) is 36.5 Å². The number of benzene rings is 3. The number of amides is 2. The van der Waals surface area contributed by atoms with Gasteiger partial charge in [0.15, 0.2) is 17.3 Å². The van der Waals surface area contributed by atoms with E-state index in [4.69, 9.17) is 33.2 Å². The quantitative estimate of drug-likeness (QED) is 0.105. The fraction of sp³-hybridized carbons (Fsp3) is 0.421.